The van der Waals surface area contributed by atoms with Crippen molar-refractivity contribution in [2.45, 2.75) is 38.2 Å². The van der Waals surface area contributed by atoms with Crippen LogP contribution in [0.2, 0.25) is 5.02 Å². The van der Waals surface area contributed by atoms with Gasteiger partial charge in [0.25, 0.3) is 5.91 Å². The fourth-order valence-corrected chi connectivity index (χ4v) is 3.34. The van der Waals surface area contributed by atoms with Gasteiger partial charge in [0.15, 0.2) is 0 Å². The molecule has 0 aromatic heterocycles. The summed E-state index contributed by atoms with van der Waals surface area (Å²) in [6.07, 6.45) is 0.308. The zero-order valence-corrected chi connectivity index (χ0v) is 16.3. The highest BCUT2D eigenvalue weighted by molar-refractivity contribution is 6.34. The van der Waals surface area contributed by atoms with Crippen molar-refractivity contribution in [3.63, 3.8) is 0 Å². The van der Waals surface area contributed by atoms with E-state index in [4.69, 9.17) is 16.4 Å². The number of carbonyl (C=O) groups is 1. The van der Waals surface area contributed by atoms with E-state index in [0.717, 1.165) is 5.56 Å². The fourth-order valence-electron chi connectivity index (χ4n) is 3.09. The highest BCUT2D eigenvalue weighted by Crippen LogP contribution is 2.30. The highest BCUT2D eigenvalue weighted by Gasteiger charge is 2.43. The second kappa shape index (κ2) is 7.31. The molecule has 0 bridgehead atoms. The van der Waals surface area contributed by atoms with Crippen LogP contribution in [0.5, 0.6) is 0 Å². The summed E-state index contributed by atoms with van der Waals surface area (Å²) >= 11 is 6.21. The predicted octanol–water partition coefficient (Wildman–Crippen LogP) is 4.46. The van der Waals surface area contributed by atoms with Crippen LogP contribution in [0.4, 0.5) is 4.39 Å². The molecule has 0 saturated carbocycles. The Morgan fingerprint density at radius 3 is 2.63 bits per heavy atom. The number of benzene rings is 2. The van der Waals surface area contributed by atoms with Gasteiger partial charge >= 0.3 is 0 Å². The number of hydrogen-bond acceptors (Lipinski definition) is 3. The smallest absolute Gasteiger partial charge is 0.267 e. The SMILES string of the molecule is CC1(C(=O)NCC(C)(C)c2ccccc2F)CC(c2ccccc2Cl)=NO1. The van der Waals surface area contributed by atoms with Crippen LogP contribution in [0, 0.1) is 5.82 Å². The molecule has 0 saturated heterocycles. The first-order chi connectivity index (χ1) is 12.7. The van der Waals surface area contributed by atoms with Crippen LogP contribution in [0.15, 0.2) is 53.7 Å². The Bertz CT molecular complexity index is 897. The largest absolute Gasteiger partial charge is 0.379 e. The third-order valence-electron chi connectivity index (χ3n) is 4.82. The van der Waals surface area contributed by atoms with Gasteiger partial charge in [-0.25, -0.2) is 4.39 Å². The summed E-state index contributed by atoms with van der Waals surface area (Å²) in [7, 11) is 0. The van der Waals surface area contributed by atoms with Crippen LogP contribution in [0.3, 0.4) is 0 Å². The minimum atomic E-state index is -1.13. The molecule has 0 aliphatic carbocycles. The minimum Gasteiger partial charge on any atom is -0.379 e. The summed E-state index contributed by atoms with van der Waals surface area (Å²) in [5, 5.41) is 7.51. The van der Waals surface area contributed by atoms with Gasteiger partial charge < -0.3 is 10.2 Å². The molecular weight excluding hydrogens is 367 g/mol. The van der Waals surface area contributed by atoms with E-state index < -0.39 is 11.0 Å². The van der Waals surface area contributed by atoms with Gasteiger partial charge in [0.05, 0.1) is 5.71 Å². The van der Waals surface area contributed by atoms with Crippen molar-refractivity contribution in [2.24, 2.45) is 5.16 Å². The lowest BCUT2D eigenvalue weighted by Crippen LogP contribution is -2.48. The number of rotatable bonds is 5. The molecule has 4 nitrogen and oxygen atoms in total. The molecule has 0 spiro atoms. The lowest BCUT2D eigenvalue weighted by Gasteiger charge is -2.28. The maximum atomic E-state index is 14.1. The van der Waals surface area contributed by atoms with E-state index in [1.807, 2.05) is 32.0 Å². The number of hydrogen-bond donors (Lipinski definition) is 1. The van der Waals surface area contributed by atoms with E-state index in [2.05, 4.69) is 10.5 Å². The molecule has 6 heteroatoms. The van der Waals surface area contributed by atoms with Gasteiger partial charge in [-0.2, -0.15) is 0 Å². The monoisotopic (exact) mass is 388 g/mol. The lowest BCUT2D eigenvalue weighted by molar-refractivity contribution is -0.141. The van der Waals surface area contributed by atoms with Gasteiger partial charge in [0.1, 0.15) is 5.82 Å². The van der Waals surface area contributed by atoms with Gasteiger partial charge in [0, 0.05) is 29.0 Å². The first kappa shape index (κ1) is 19.4. The third kappa shape index (κ3) is 3.98. The van der Waals surface area contributed by atoms with Gasteiger partial charge in [-0.3, -0.25) is 4.79 Å². The lowest BCUT2D eigenvalue weighted by atomic mass is 9.84. The number of carbonyl (C=O) groups excluding carboxylic acids is 1. The van der Waals surface area contributed by atoms with Gasteiger partial charge in [0.2, 0.25) is 5.60 Å². The molecule has 142 valence electrons. The molecule has 2 aromatic rings. The molecular formula is C21H22ClFN2O2. The molecule has 1 atom stereocenters. The van der Waals surface area contributed by atoms with E-state index in [0.29, 0.717) is 22.7 Å². The van der Waals surface area contributed by atoms with Crippen molar-refractivity contribution in [3.05, 3.63) is 70.5 Å². The third-order valence-corrected chi connectivity index (χ3v) is 5.15. The van der Waals surface area contributed by atoms with Crippen LogP contribution in [0.25, 0.3) is 0 Å². The van der Waals surface area contributed by atoms with E-state index >= 15 is 0 Å². The van der Waals surface area contributed by atoms with Gasteiger partial charge in [-0.1, -0.05) is 67.0 Å². The number of nitrogens with zero attached hydrogens (tertiary/aromatic N) is 1. The van der Waals surface area contributed by atoms with Crippen molar-refractivity contribution in [3.8, 4) is 0 Å². The summed E-state index contributed by atoms with van der Waals surface area (Å²) in [5.41, 5.74) is 0.243. The summed E-state index contributed by atoms with van der Waals surface area (Å²) in [4.78, 5) is 18.2. The Morgan fingerprint density at radius 1 is 1.26 bits per heavy atom. The standard InChI is InChI=1S/C21H22ClFN2O2/c1-20(2,15-9-5-7-11-17(15)23)13-24-19(26)21(3)12-18(25-27-21)14-8-4-6-10-16(14)22/h4-11H,12-13H2,1-3H3,(H,24,26). The molecule has 0 radical (unpaired) electrons. The molecule has 2 aromatic carbocycles. The maximum Gasteiger partial charge on any atom is 0.267 e. The van der Waals surface area contributed by atoms with Crippen molar-refractivity contribution in [1.82, 2.24) is 5.32 Å². The first-order valence-electron chi connectivity index (χ1n) is 8.76. The molecule has 1 aliphatic heterocycles. The van der Waals surface area contributed by atoms with Crippen molar-refractivity contribution in [2.75, 3.05) is 6.54 Å². The summed E-state index contributed by atoms with van der Waals surface area (Å²) in [5.74, 6) is -0.581. The molecule has 3 rings (SSSR count). The molecule has 1 unspecified atom stereocenters. The molecule has 1 N–H and O–H groups in total. The van der Waals surface area contributed by atoms with Gasteiger partial charge in [-0.15, -0.1) is 0 Å². The Balaban J connectivity index is 1.67. The quantitative estimate of drug-likeness (QED) is 0.822. The normalized spacial score (nSPS) is 19.4. The Labute approximate surface area is 163 Å². The van der Waals surface area contributed by atoms with Gasteiger partial charge in [-0.05, 0) is 24.6 Å². The van der Waals surface area contributed by atoms with Crippen LogP contribution >= 0.6 is 11.6 Å². The van der Waals surface area contributed by atoms with Crippen LogP contribution in [0.1, 0.15) is 38.3 Å². The van der Waals surface area contributed by atoms with Crippen LogP contribution in [-0.2, 0) is 15.0 Å². The second-order valence-electron chi connectivity index (χ2n) is 7.56. The van der Waals surface area contributed by atoms with Crippen LogP contribution in [-0.4, -0.2) is 23.8 Å². The summed E-state index contributed by atoms with van der Waals surface area (Å²) < 4.78 is 14.1. The molecule has 1 heterocycles. The maximum absolute atomic E-state index is 14.1. The first-order valence-corrected chi connectivity index (χ1v) is 9.14. The fraction of sp³-hybridized carbons (Fsp3) is 0.333. The number of halogens is 2. The number of oxime groups is 1. The number of amides is 1. The molecule has 27 heavy (non-hydrogen) atoms. The van der Waals surface area contributed by atoms with Crippen molar-refractivity contribution >= 4 is 23.2 Å². The Kier molecular flexibility index (Phi) is 5.24. The topological polar surface area (TPSA) is 50.7 Å². The van der Waals surface area contributed by atoms with E-state index in [-0.39, 0.29) is 18.3 Å². The Morgan fingerprint density at radius 2 is 1.93 bits per heavy atom. The predicted molar refractivity (Wildman–Crippen MR) is 105 cm³/mol. The second-order valence-corrected chi connectivity index (χ2v) is 7.97. The average Bonchev–Trinajstić information content (AvgIpc) is 3.04. The van der Waals surface area contributed by atoms with Crippen molar-refractivity contribution < 1.29 is 14.0 Å². The van der Waals surface area contributed by atoms with E-state index in [1.165, 1.54) is 6.07 Å². The van der Waals surface area contributed by atoms with Crippen LogP contribution < -0.4 is 5.32 Å². The number of nitrogens with one attached hydrogen (secondary N) is 1. The minimum absolute atomic E-state index is 0.271. The summed E-state index contributed by atoms with van der Waals surface area (Å²) in [6, 6.07) is 13.9. The Hall–Kier alpha value is -2.40. The van der Waals surface area contributed by atoms with E-state index in [9.17, 15) is 9.18 Å². The highest BCUT2D eigenvalue weighted by atomic mass is 35.5. The molecule has 1 amide bonds. The molecule has 1 aliphatic rings. The van der Waals surface area contributed by atoms with Crippen molar-refractivity contribution in [1.29, 1.82) is 0 Å². The average molecular weight is 389 g/mol. The zero-order chi connectivity index (χ0) is 19.7. The molecule has 0 fully saturated rings. The van der Waals surface area contributed by atoms with E-state index in [1.54, 1.807) is 31.2 Å². The summed E-state index contributed by atoms with van der Waals surface area (Å²) in [6.45, 7) is 5.73. The zero-order valence-electron chi connectivity index (χ0n) is 15.6.